The van der Waals surface area contributed by atoms with E-state index in [0.717, 1.165) is 49.7 Å². The van der Waals surface area contributed by atoms with E-state index < -0.39 is 6.04 Å². The number of methoxy groups -OCH3 is 1. The van der Waals surface area contributed by atoms with Crippen LogP contribution in [0.15, 0.2) is 35.5 Å². The largest absolute Gasteiger partial charge is 0.497 e. The fourth-order valence-corrected chi connectivity index (χ4v) is 4.18. The number of carbonyl (C=O) groups is 2. The van der Waals surface area contributed by atoms with Crippen LogP contribution in [-0.4, -0.2) is 86.2 Å². The Kier molecular flexibility index (Phi) is 7.92. The second-order valence-electron chi connectivity index (χ2n) is 7.69. The molecule has 0 bridgehead atoms. The molecule has 1 unspecified atom stereocenters. The molecule has 1 N–H and O–H groups in total. The highest BCUT2D eigenvalue weighted by Gasteiger charge is 2.38. The zero-order valence-electron chi connectivity index (χ0n) is 19.0. The molecule has 8 heteroatoms. The van der Waals surface area contributed by atoms with Gasteiger partial charge in [0.05, 0.1) is 25.3 Å². The molecule has 2 aliphatic heterocycles. The van der Waals surface area contributed by atoms with Crippen LogP contribution in [0.3, 0.4) is 0 Å². The van der Waals surface area contributed by atoms with Gasteiger partial charge in [0.2, 0.25) is 0 Å². The average molecular weight is 431 g/mol. The van der Waals surface area contributed by atoms with Crippen molar-refractivity contribution in [3.63, 3.8) is 0 Å². The Morgan fingerprint density at radius 1 is 1.03 bits per heavy atom. The third kappa shape index (κ3) is 5.19. The highest BCUT2D eigenvalue weighted by atomic mass is 16.5. The topological polar surface area (TPSA) is 74.4 Å². The smallest absolute Gasteiger partial charge is 0.338 e. The van der Waals surface area contributed by atoms with Crippen LogP contribution in [-0.2, 0) is 9.53 Å². The predicted molar refractivity (Wildman–Crippen MR) is 119 cm³/mol. The highest BCUT2D eigenvalue weighted by molar-refractivity contribution is 5.95. The van der Waals surface area contributed by atoms with Crippen molar-refractivity contribution in [1.82, 2.24) is 20.0 Å². The summed E-state index contributed by atoms with van der Waals surface area (Å²) in [6, 6.07) is 6.66. The number of hydrogen-bond acceptors (Lipinski definition) is 6. The molecule has 2 aliphatic rings. The van der Waals surface area contributed by atoms with Gasteiger partial charge in [-0.1, -0.05) is 19.1 Å². The molecule has 3 rings (SSSR count). The highest BCUT2D eigenvalue weighted by Crippen LogP contribution is 2.33. The summed E-state index contributed by atoms with van der Waals surface area (Å²) >= 11 is 0. The zero-order chi connectivity index (χ0) is 22.4. The molecule has 1 aromatic rings. The van der Waals surface area contributed by atoms with Gasteiger partial charge in [-0.2, -0.15) is 0 Å². The summed E-state index contributed by atoms with van der Waals surface area (Å²) in [7, 11) is 1.61. The average Bonchev–Trinajstić information content (AvgIpc) is 2.79. The Morgan fingerprint density at radius 3 is 2.23 bits per heavy atom. The second kappa shape index (κ2) is 10.6. The van der Waals surface area contributed by atoms with E-state index in [9.17, 15) is 9.59 Å². The van der Waals surface area contributed by atoms with Crippen molar-refractivity contribution >= 4 is 12.0 Å². The van der Waals surface area contributed by atoms with E-state index in [0.29, 0.717) is 18.7 Å². The quantitative estimate of drug-likeness (QED) is 0.638. The first-order chi connectivity index (χ1) is 15.0. The summed E-state index contributed by atoms with van der Waals surface area (Å²) in [4.78, 5) is 32.5. The number of ether oxygens (including phenoxy) is 2. The number of urea groups is 1. The van der Waals surface area contributed by atoms with Gasteiger partial charge < -0.3 is 19.7 Å². The Labute approximate surface area is 184 Å². The van der Waals surface area contributed by atoms with E-state index in [1.165, 1.54) is 0 Å². The minimum Gasteiger partial charge on any atom is -0.497 e. The van der Waals surface area contributed by atoms with Gasteiger partial charge in [0.15, 0.2) is 0 Å². The van der Waals surface area contributed by atoms with Crippen molar-refractivity contribution in [2.45, 2.75) is 26.8 Å². The maximum absolute atomic E-state index is 13.1. The third-order valence-corrected chi connectivity index (χ3v) is 5.98. The van der Waals surface area contributed by atoms with Crippen molar-refractivity contribution in [3.05, 3.63) is 41.1 Å². The van der Waals surface area contributed by atoms with E-state index >= 15 is 0 Å². The Bertz CT molecular complexity index is 800. The van der Waals surface area contributed by atoms with E-state index in [1.807, 2.05) is 31.2 Å². The van der Waals surface area contributed by atoms with Crippen LogP contribution in [0.2, 0.25) is 0 Å². The van der Waals surface area contributed by atoms with Crippen LogP contribution >= 0.6 is 0 Å². The SMILES string of the molecule is CCOC(=O)C1=C(CN2CCN(CC)CC2)N(CC)C(=O)NC1c1ccc(OC)cc1. The first-order valence-corrected chi connectivity index (χ1v) is 11.1. The number of benzene rings is 1. The molecule has 170 valence electrons. The third-order valence-electron chi connectivity index (χ3n) is 5.98. The Balaban J connectivity index is 2.00. The summed E-state index contributed by atoms with van der Waals surface area (Å²) in [6.45, 7) is 12.0. The number of nitrogens with zero attached hydrogens (tertiary/aromatic N) is 3. The molecule has 0 aromatic heterocycles. The summed E-state index contributed by atoms with van der Waals surface area (Å²) < 4.78 is 10.7. The molecule has 1 atom stereocenters. The zero-order valence-corrected chi connectivity index (χ0v) is 19.0. The molecule has 1 aromatic carbocycles. The van der Waals surface area contributed by atoms with Gasteiger partial charge in [-0.05, 0) is 38.1 Å². The lowest BCUT2D eigenvalue weighted by Crippen LogP contribution is -2.53. The number of piperazine rings is 1. The summed E-state index contributed by atoms with van der Waals surface area (Å²) in [6.07, 6.45) is 0. The maximum atomic E-state index is 13.1. The lowest BCUT2D eigenvalue weighted by molar-refractivity contribution is -0.139. The van der Waals surface area contributed by atoms with Crippen LogP contribution in [0, 0.1) is 0 Å². The van der Waals surface area contributed by atoms with E-state index in [1.54, 1.807) is 18.9 Å². The molecule has 2 amide bonds. The van der Waals surface area contributed by atoms with Gasteiger partial charge in [0.25, 0.3) is 0 Å². The summed E-state index contributed by atoms with van der Waals surface area (Å²) in [5.74, 6) is 0.334. The van der Waals surface area contributed by atoms with E-state index in [2.05, 4.69) is 22.0 Å². The molecule has 1 fully saturated rings. The number of likely N-dealkylation sites (N-methyl/N-ethyl adjacent to an activating group) is 2. The predicted octanol–water partition coefficient (Wildman–Crippen LogP) is 2.24. The Morgan fingerprint density at radius 2 is 1.68 bits per heavy atom. The molecule has 31 heavy (non-hydrogen) atoms. The number of amides is 2. The molecule has 0 aliphatic carbocycles. The van der Waals surface area contributed by atoms with Crippen LogP contribution in [0.4, 0.5) is 4.79 Å². The normalized spacial score (nSPS) is 20.6. The van der Waals surface area contributed by atoms with E-state index in [-0.39, 0.29) is 18.6 Å². The van der Waals surface area contributed by atoms with Crippen molar-refractivity contribution in [1.29, 1.82) is 0 Å². The van der Waals surface area contributed by atoms with Crippen LogP contribution < -0.4 is 10.1 Å². The van der Waals surface area contributed by atoms with Crippen LogP contribution in [0.5, 0.6) is 5.75 Å². The molecular weight excluding hydrogens is 396 g/mol. The van der Waals surface area contributed by atoms with Gasteiger partial charge in [0.1, 0.15) is 5.75 Å². The lowest BCUT2D eigenvalue weighted by Gasteiger charge is -2.40. The van der Waals surface area contributed by atoms with Crippen molar-refractivity contribution < 1.29 is 19.1 Å². The fraction of sp³-hybridized carbons (Fsp3) is 0.565. The van der Waals surface area contributed by atoms with Gasteiger partial charge in [-0.15, -0.1) is 0 Å². The standard InChI is InChI=1S/C23H34N4O4/c1-5-25-12-14-26(15-13-25)16-19-20(22(28)31-7-3)21(24-23(29)27(19)6-2)17-8-10-18(30-4)11-9-17/h8-11,21H,5-7,12-16H2,1-4H3,(H,24,29). The fourth-order valence-electron chi connectivity index (χ4n) is 4.18. The number of rotatable bonds is 8. The molecule has 0 spiro atoms. The van der Waals surface area contributed by atoms with Gasteiger partial charge in [0, 0.05) is 45.0 Å². The lowest BCUT2D eigenvalue weighted by atomic mass is 9.94. The van der Waals surface area contributed by atoms with Crippen molar-refractivity contribution in [2.24, 2.45) is 0 Å². The maximum Gasteiger partial charge on any atom is 0.338 e. The minimum atomic E-state index is -0.563. The van der Waals surface area contributed by atoms with Crippen molar-refractivity contribution in [2.75, 3.05) is 59.5 Å². The minimum absolute atomic E-state index is 0.196. The van der Waals surface area contributed by atoms with Gasteiger partial charge >= 0.3 is 12.0 Å². The molecular formula is C23H34N4O4. The van der Waals surface area contributed by atoms with Crippen LogP contribution in [0.25, 0.3) is 0 Å². The summed E-state index contributed by atoms with van der Waals surface area (Å²) in [5, 5.41) is 3.00. The molecule has 2 heterocycles. The molecule has 0 radical (unpaired) electrons. The molecule has 0 saturated carbocycles. The Hall–Kier alpha value is -2.58. The molecule has 1 saturated heterocycles. The summed E-state index contributed by atoms with van der Waals surface area (Å²) in [5.41, 5.74) is 2.06. The second-order valence-corrected chi connectivity index (χ2v) is 7.69. The monoisotopic (exact) mass is 430 g/mol. The number of nitrogens with one attached hydrogen (secondary N) is 1. The van der Waals surface area contributed by atoms with Gasteiger partial charge in [-0.3, -0.25) is 9.80 Å². The number of esters is 1. The molecule has 8 nitrogen and oxygen atoms in total. The van der Waals surface area contributed by atoms with Crippen LogP contribution in [0.1, 0.15) is 32.4 Å². The first kappa shape index (κ1) is 23.1. The number of hydrogen-bond donors (Lipinski definition) is 1. The van der Waals surface area contributed by atoms with Gasteiger partial charge in [-0.25, -0.2) is 9.59 Å². The number of carbonyl (C=O) groups excluding carboxylic acids is 2. The first-order valence-electron chi connectivity index (χ1n) is 11.1. The van der Waals surface area contributed by atoms with Crippen molar-refractivity contribution in [3.8, 4) is 5.75 Å². The van der Waals surface area contributed by atoms with E-state index in [4.69, 9.17) is 9.47 Å².